The van der Waals surface area contributed by atoms with Crippen molar-refractivity contribution in [3.05, 3.63) is 100 Å². The van der Waals surface area contributed by atoms with Gasteiger partial charge >= 0.3 is 0 Å². The van der Waals surface area contributed by atoms with Gasteiger partial charge in [-0.3, -0.25) is 25.2 Å². The number of hydrogen-bond donors (Lipinski definition) is 2. The Labute approximate surface area is 194 Å². The predicted molar refractivity (Wildman–Crippen MR) is 125 cm³/mol. The molecule has 9 nitrogen and oxygen atoms in total. The van der Waals surface area contributed by atoms with Gasteiger partial charge in [0.15, 0.2) is 12.3 Å². The van der Waals surface area contributed by atoms with Crippen molar-refractivity contribution in [2.75, 3.05) is 6.61 Å². The number of amides is 2. The van der Waals surface area contributed by atoms with Gasteiger partial charge in [0.25, 0.3) is 17.4 Å². The molecule has 9 heteroatoms. The summed E-state index contributed by atoms with van der Waals surface area (Å²) in [7, 11) is 1.45. The molecule has 0 aliphatic carbocycles. The first-order valence-corrected chi connectivity index (χ1v) is 10.5. The van der Waals surface area contributed by atoms with Crippen LogP contribution in [0.25, 0.3) is 10.8 Å². The van der Waals surface area contributed by atoms with Gasteiger partial charge in [-0.25, -0.2) is 4.68 Å². The molecule has 0 unspecified atom stereocenters. The lowest BCUT2D eigenvalue weighted by Gasteiger charge is -2.11. The van der Waals surface area contributed by atoms with Crippen LogP contribution < -0.4 is 25.9 Å². The highest BCUT2D eigenvalue weighted by molar-refractivity contribution is 6.05. The number of fused-ring (bicyclic) bond motifs is 1. The van der Waals surface area contributed by atoms with E-state index in [0.29, 0.717) is 28.9 Å². The molecule has 0 saturated heterocycles. The molecule has 0 radical (unpaired) electrons. The molecule has 2 amide bonds. The Hall–Kier alpha value is -4.66. The van der Waals surface area contributed by atoms with E-state index in [-0.39, 0.29) is 17.9 Å². The summed E-state index contributed by atoms with van der Waals surface area (Å²) in [6, 6.07) is 23.3. The first-order chi connectivity index (χ1) is 16.5. The molecule has 0 aliphatic rings. The van der Waals surface area contributed by atoms with E-state index in [1.165, 1.54) is 7.05 Å². The molecule has 4 rings (SSSR count). The van der Waals surface area contributed by atoms with E-state index in [9.17, 15) is 14.4 Å². The predicted octanol–water partition coefficient (Wildman–Crippen LogP) is 2.35. The van der Waals surface area contributed by atoms with E-state index in [0.717, 1.165) is 10.2 Å². The number of hydrogen-bond acceptors (Lipinski definition) is 6. The number of carbonyl (C=O) groups excluding carboxylic acids is 2. The summed E-state index contributed by atoms with van der Waals surface area (Å²) in [5.41, 5.74) is 5.34. The van der Waals surface area contributed by atoms with Crippen molar-refractivity contribution in [3.63, 3.8) is 0 Å². The van der Waals surface area contributed by atoms with Gasteiger partial charge in [-0.15, -0.1) is 0 Å². The number of ether oxygens (including phenoxy) is 2. The Balaban J connectivity index is 1.28. The van der Waals surface area contributed by atoms with Crippen molar-refractivity contribution in [2.45, 2.75) is 6.61 Å². The van der Waals surface area contributed by atoms with E-state index in [1.54, 1.807) is 48.5 Å². The maximum atomic E-state index is 12.5. The minimum Gasteiger partial charge on any atom is -0.489 e. The largest absolute Gasteiger partial charge is 0.489 e. The molecule has 0 aliphatic heterocycles. The summed E-state index contributed by atoms with van der Waals surface area (Å²) >= 11 is 0. The van der Waals surface area contributed by atoms with Crippen LogP contribution in [0.2, 0.25) is 0 Å². The monoisotopic (exact) mass is 458 g/mol. The van der Waals surface area contributed by atoms with Gasteiger partial charge in [0.2, 0.25) is 0 Å². The number of rotatable bonds is 7. The Morgan fingerprint density at radius 2 is 1.44 bits per heavy atom. The van der Waals surface area contributed by atoms with Gasteiger partial charge in [-0.1, -0.05) is 48.5 Å². The Kier molecular flexibility index (Phi) is 6.83. The van der Waals surface area contributed by atoms with Gasteiger partial charge in [0.1, 0.15) is 18.1 Å². The maximum absolute atomic E-state index is 12.5. The molecule has 172 valence electrons. The van der Waals surface area contributed by atoms with E-state index in [4.69, 9.17) is 9.47 Å². The van der Waals surface area contributed by atoms with Gasteiger partial charge in [0.05, 0.1) is 5.39 Å². The third-order valence-electron chi connectivity index (χ3n) is 4.93. The third-order valence-corrected chi connectivity index (χ3v) is 4.93. The third kappa shape index (κ3) is 5.39. The molecule has 0 fully saturated rings. The van der Waals surface area contributed by atoms with E-state index >= 15 is 0 Å². The molecule has 1 heterocycles. The highest BCUT2D eigenvalue weighted by Crippen LogP contribution is 2.18. The Morgan fingerprint density at radius 3 is 2.15 bits per heavy atom. The number of carbonyl (C=O) groups is 2. The summed E-state index contributed by atoms with van der Waals surface area (Å²) in [6.07, 6.45) is 0. The van der Waals surface area contributed by atoms with Crippen LogP contribution in [0.5, 0.6) is 11.5 Å². The van der Waals surface area contributed by atoms with Gasteiger partial charge in [0, 0.05) is 12.4 Å². The smallest absolute Gasteiger partial charge is 0.290 e. The van der Waals surface area contributed by atoms with Gasteiger partial charge in [-0.05, 0) is 35.9 Å². The second-order valence-corrected chi connectivity index (χ2v) is 7.36. The molecule has 0 atom stereocenters. The zero-order valence-corrected chi connectivity index (χ0v) is 18.4. The van der Waals surface area contributed by atoms with Crippen molar-refractivity contribution >= 4 is 22.6 Å². The van der Waals surface area contributed by atoms with E-state index in [2.05, 4.69) is 16.0 Å². The fourth-order valence-corrected chi connectivity index (χ4v) is 3.21. The van der Waals surface area contributed by atoms with Gasteiger partial charge < -0.3 is 9.47 Å². The summed E-state index contributed by atoms with van der Waals surface area (Å²) < 4.78 is 12.2. The summed E-state index contributed by atoms with van der Waals surface area (Å²) in [6.45, 7) is 0.134. The van der Waals surface area contributed by atoms with Crippen molar-refractivity contribution < 1.29 is 19.1 Å². The van der Waals surface area contributed by atoms with E-state index in [1.807, 2.05) is 30.3 Å². The van der Waals surface area contributed by atoms with Crippen molar-refractivity contribution in [2.24, 2.45) is 7.05 Å². The number of hydrazine groups is 1. The highest BCUT2D eigenvalue weighted by atomic mass is 16.5. The molecule has 0 spiro atoms. The molecule has 3 aromatic carbocycles. The summed E-state index contributed by atoms with van der Waals surface area (Å²) in [4.78, 5) is 36.8. The van der Waals surface area contributed by atoms with Crippen LogP contribution in [0.4, 0.5) is 0 Å². The van der Waals surface area contributed by atoms with Crippen LogP contribution in [0.1, 0.15) is 16.1 Å². The van der Waals surface area contributed by atoms with E-state index < -0.39 is 11.8 Å². The highest BCUT2D eigenvalue weighted by Gasteiger charge is 2.16. The Morgan fingerprint density at radius 1 is 0.824 bits per heavy atom. The van der Waals surface area contributed by atoms with Crippen LogP contribution in [0.3, 0.4) is 0 Å². The minimum atomic E-state index is -0.653. The average molecular weight is 458 g/mol. The van der Waals surface area contributed by atoms with Crippen LogP contribution in [0.15, 0.2) is 83.7 Å². The van der Waals surface area contributed by atoms with Crippen LogP contribution in [-0.4, -0.2) is 28.2 Å². The molecular weight excluding hydrogens is 436 g/mol. The molecule has 1 aromatic heterocycles. The first-order valence-electron chi connectivity index (χ1n) is 10.5. The second kappa shape index (κ2) is 10.3. The number of benzene rings is 3. The fourth-order valence-electron chi connectivity index (χ4n) is 3.21. The normalized spacial score (nSPS) is 10.5. The molecule has 2 N–H and O–H groups in total. The lowest BCUT2D eigenvalue weighted by atomic mass is 10.1. The first kappa shape index (κ1) is 22.5. The minimum absolute atomic E-state index is 0.0185. The number of nitrogens with zero attached hydrogens (tertiary/aromatic N) is 2. The van der Waals surface area contributed by atoms with Crippen molar-refractivity contribution in [3.8, 4) is 11.5 Å². The lowest BCUT2D eigenvalue weighted by molar-refractivity contribution is -0.123. The zero-order valence-electron chi connectivity index (χ0n) is 18.4. The molecule has 4 aromatic rings. The molecule has 0 saturated carbocycles. The van der Waals surface area contributed by atoms with Crippen LogP contribution in [-0.2, 0) is 18.4 Å². The summed E-state index contributed by atoms with van der Waals surface area (Å²) in [5.74, 6) is -0.0730. The number of nitrogens with one attached hydrogen (secondary N) is 2. The quantitative estimate of drug-likeness (QED) is 0.411. The number of aromatic nitrogens is 2. The van der Waals surface area contributed by atoms with Crippen molar-refractivity contribution in [1.82, 2.24) is 20.6 Å². The van der Waals surface area contributed by atoms with Gasteiger partial charge in [-0.2, -0.15) is 5.10 Å². The second-order valence-electron chi connectivity index (χ2n) is 7.36. The maximum Gasteiger partial charge on any atom is 0.290 e. The lowest BCUT2D eigenvalue weighted by Crippen LogP contribution is -2.44. The average Bonchev–Trinajstić information content (AvgIpc) is 2.88. The standard InChI is InChI=1S/C25H22N4O5/c1-29-25(32)21-10-6-5-9-20(21)23(28-29)24(31)27-26-22(30)16-34-19-13-11-18(12-14-19)33-15-17-7-3-2-4-8-17/h2-14H,15-16H2,1H3,(H,26,30)(H,27,31). The number of aryl methyl sites for hydroxylation is 1. The van der Waals surface area contributed by atoms with Crippen LogP contribution >= 0.6 is 0 Å². The van der Waals surface area contributed by atoms with Crippen LogP contribution in [0, 0.1) is 0 Å². The molecule has 34 heavy (non-hydrogen) atoms. The SMILES string of the molecule is Cn1nc(C(=O)NNC(=O)COc2ccc(OCc3ccccc3)cc2)c2ccccc2c1=O. The van der Waals surface area contributed by atoms with Crippen molar-refractivity contribution in [1.29, 1.82) is 0 Å². The fraction of sp³-hybridized carbons (Fsp3) is 0.120. The Bertz CT molecular complexity index is 1370. The summed E-state index contributed by atoms with van der Waals surface area (Å²) in [5, 5.41) is 4.76. The topological polar surface area (TPSA) is 112 Å². The zero-order chi connectivity index (χ0) is 23.9. The molecular formula is C25H22N4O5. The molecule has 0 bridgehead atoms.